The highest BCUT2D eigenvalue weighted by molar-refractivity contribution is 5.88. The summed E-state index contributed by atoms with van der Waals surface area (Å²) in [5, 5.41) is 0. The van der Waals surface area contributed by atoms with E-state index in [1.807, 2.05) is 12.3 Å². The van der Waals surface area contributed by atoms with Gasteiger partial charge in [-0.25, -0.2) is 5.84 Å². The summed E-state index contributed by atoms with van der Waals surface area (Å²) in [6.07, 6.45) is 7.17. The Balaban J connectivity index is -0.000000613. The molecule has 306 valence electrons. The number of hydrogen-bond acceptors (Lipinski definition) is 17. The number of esters is 4. The van der Waals surface area contributed by atoms with Crippen LogP contribution in [-0.2, 0) is 76.5 Å². The molecule has 0 saturated heterocycles. The van der Waals surface area contributed by atoms with Crippen LogP contribution in [0.15, 0.2) is 36.5 Å². The molecule has 0 aliphatic heterocycles. The third-order valence-electron chi connectivity index (χ3n) is 8.90. The van der Waals surface area contributed by atoms with E-state index < -0.39 is 11.8 Å². The van der Waals surface area contributed by atoms with Crippen molar-refractivity contribution in [2.75, 3.05) is 28.4 Å². The monoisotopic (exact) mass is 780 g/mol. The van der Waals surface area contributed by atoms with Gasteiger partial charge in [0.05, 0.1) is 58.0 Å². The first-order valence-electron chi connectivity index (χ1n) is 16.7. The number of nitrogens with two attached hydrogens (primary N) is 1. The molecule has 0 spiro atoms. The lowest BCUT2D eigenvalue weighted by atomic mass is 9.96. The first-order valence-corrected chi connectivity index (χ1v) is 16.7. The van der Waals surface area contributed by atoms with Gasteiger partial charge in [-0.2, -0.15) is 28.8 Å². The minimum absolute atomic E-state index is 0.0625. The van der Waals surface area contributed by atoms with Crippen molar-refractivity contribution in [1.29, 1.82) is 0 Å². The fourth-order valence-electron chi connectivity index (χ4n) is 6.23. The smallest absolute Gasteiger partial charge is 0.373 e. The maximum Gasteiger partial charge on any atom is 0.373 e. The Labute approximate surface area is 319 Å². The van der Waals surface area contributed by atoms with Crippen LogP contribution in [0.1, 0.15) is 71.6 Å². The maximum atomic E-state index is 11.3. The number of nitrogens with one attached hydrogen (secondary N) is 1. The van der Waals surface area contributed by atoms with Gasteiger partial charge >= 0.3 is 42.3 Å². The van der Waals surface area contributed by atoms with Gasteiger partial charge in [0.15, 0.2) is 0 Å². The van der Waals surface area contributed by atoms with Gasteiger partial charge in [-0.15, -0.1) is 0 Å². The van der Waals surface area contributed by atoms with Gasteiger partial charge in [0, 0.05) is 12.8 Å². The summed E-state index contributed by atoms with van der Waals surface area (Å²) < 4.78 is 18.4. The molecule has 0 aromatic heterocycles. The van der Waals surface area contributed by atoms with Crippen LogP contribution in [0, 0.1) is 41.4 Å². The number of rotatable bonds is 5. The number of ether oxygens (including phenoxy) is 4. The standard InChI is InChI=1S/C9H14N2O3.C9H14O2.C8H12O3.C8H12O2.3CO2/c1-5-3-6(8(12)11-10)7(4-5)9(13)14-2;1-6-4-7(2)8(5-6)9(10)11-3;1-5-3-6(9)4-7(5)8(10)11-2;1-6-3-4-7(5-6)8(9)10-2;3*2-1-3/h6-7H,1,3-4,10H2,2H3,(H,11,12);7-8H,1,4-5H2,2-3H3;5,7H,3-4H2,1-2H3;7H,1,3-5H2,2H3;;;/t6-,7-;7-,8-;5-,7-;7-;;;/m0001.../s1. The number of carbonyl (C=O) groups is 6. The predicted molar refractivity (Wildman–Crippen MR) is 185 cm³/mol. The van der Waals surface area contributed by atoms with Crippen LogP contribution in [0.3, 0.4) is 0 Å². The van der Waals surface area contributed by atoms with Crippen molar-refractivity contribution in [2.45, 2.75) is 71.6 Å². The average Bonchev–Trinajstić information content (AvgIpc) is 3.94. The number of hydrogen-bond donors (Lipinski definition) is 2. The van der Waals surface area contributed by atoms with Crippen LogP contribution in [0.5, 0.6) is 0 Å². The van der Waals surface area contributed by atoms with Crippen LogP contribution in [0.25, 0.3) is 0 Å². The molecule has 4 aliphatic carbocycles. The summed E-state index contributed by atoms with van der Waals surface area (Å²) >= 11 is 0. The average molecular weight is 781 g/mol. The van der Waals surface area contributed by atoms with Crippen LogP contribution in [0.4, 0.5) is 0 Å². The summed E-state index contributed by atoms with van der Waals surface area (Å²) in [5.74, 6) is 3.74. The van der Waals surface area contributed by atoms with Crippen LogP contribution >= 0.6 is 0 Å². The SMILES string of the molecule is C=C1CC[C@@H](C(=O)OC)C1.C=C1C[C@H](C(=O)NN)[C@@H](C(=O)OC)C1.C=C1C[C@H](C(=O)OC)[C@@H](C)C1.COC(=O)[C@H]1CC(=O)C[C@@H]1C.O=C=O.O=C=O.O=C=O. The van der Waals surface area contributed by atoms with Crippen molar-refractivity contribution in [1.82, 2.24) is 5.43 Å². The lowest BCUT2D eigenvalue weighted by Gasteiger charge is -2.14. The third kappa shape index (κ3) is 21.6. The molecule has 4 saturated carbocycles. The molecular formula is C37H52N2O16. The lowest BCUT2D eigenvalue weighted by Crippen LogP contribution is -2.39. The van der Waals surface area contributed by atoms with E-state index in [4.69, 9.17) is 34.6 Å². The molecule has 18 heteroatoms. The molecule has 4 aliphatic rings. The molecule has 3 N–H and O–H groups in total. The second kappa shape index (κ2) is 30.8. The Morgan fingerprint density at radius 1 is 0.564 bits per heavy atom. The molecule has 55 heavy (non-hydrogen) atoms. The number of ketones is 1. The van der Waals surface area contributed by atoms with E-state index >= 15 is 0 Å². The van der Waals surface area contributed by atoms with Crippen molar-refractivity contribution in [3.63, 3.8) is 0 Å². The van der Waals surface area contributed by atoms with Crippen LogP contribution in [0.2, 0.25) is 0 Å². The lowest BCUT2D eigenvalue weighted by molar-refractivity contribution is -0.193. The molecule has 0 unspecified atom stereocenters. The Morgan fingerprint density at radius 2 is 0.927 bits per heavy atom. The molecule has 0 aromatic carbocycles. The second-order valence-corrected chi connectivity index (χ2v) is 12.7. The minimum Gasteiger partial charge on any atom is -0.469 e. The predicted octanol–water partition coefficient (Wildman–Crippen LogP) is 2.03. The number of Topliss-reactive ketones (excluding diaryl/α,β-unsaturated/α-hetero) is 1. The molecule has 7 atom stereocenters. The first kappa shape index (κ1) is 53.7. The number of amides is 1. The summed E-state index contributed by atoms with van der Waals surface area (Å²) in [6.45, 7) is 15.4. The molecular weight excluding hydrogens is 728 g/mol. The Bertz CT molecular complexity index is 1340. The van der Waals surface area contributed by atoms with Crippen molar-refractivity contribution in [3.05, 3.63) is 36.5 Å². The zero-order chi connectivity index (χ0) is 43.3. The van der Waals surface area contributed by atoms with E-state index in [1.54, 1.807) is 0 Å². The van der Waals surface area contributed by atoms with Gasteiger partial charge in [0.2, 0.25) is 5.91 Å². The van der Waals surface area contributed by atoms with Crippen molar-refractivity contribution in [2.24, 2.45) is 47.3 Å². The fraction of sp³-hybridized carbons (Fsp3) is 0.595. The zero-order valence-corrected chi connectivity index (χ0v) is 32.1. The molecule has 0 heterocycles. The highest BCUT2D eigenvalue weighted by atomic mass is 16.5. The van der Waals surface area contributed by atoms with Gasteiger partial charge in [0.25, 0.3) is 0 Å². The molecule has 0 bridgehead atoms. The van der Waals surface area contributed by atoms with Crippen LogP contribution < -0.4 is 11.3 Å². The summed E-state index contributed by atoms with van der Waals surface area (Å²) in [6, 6.07) is 0. The Kier molecular flexibility index (Phi) is 30.0. The van der Waals surface area contributed by atoms with E-state index in [2.05, 4.69) is 45.6 Å². The molecule has 18 nitrogen and oxygen atoms in total. The largest absolute Gasteiger partial charge is 0.469 e. The van der Waals surface area contributed by atoms with E-state index in [0.717, 1.165) is 37.7 Å². The zero-order valence-electron chi connectivity index (χ0n) is 32.1. The van der Waals surface area contributed by atoms with Crippen molar-refractivity contribution < 1.29 is 76.5 Å². The summed E-state index contributed by atoms with van der Waals surface area (Å²) in [7, 11) is 5.54. The summed E-state index contributed by atoms with van der Waals surface area (Å²) in [4.78, 5) is 115. The second-order valence-electron chi connectivity index (χ2n) is 12.7. The molecule has 0 radical (unpaired) electrons. The number of carbonyl (C=O) groups excluding carboxylic acids is 12. The highest BCUT2D eigenvalue weighted by Crippen LogP contribution is 2.36. The van der Waals surface area contributed by atoms with Gasteiger partial charge in [-0.05, 0) is 56.8 Å². The normalized spacial score (nSPS) is 23.8. The fourth-order valence-corrected chi connectivity index (χ4v) is 6.23. The summed E-state index contributed by atoms with van der Waals surface area (Å²) in [5.41, 5.74) is 5.28. The molecule has 4 fully saturated rings. The number of methoxy groups -OCH3 is 4. The highest BCUT2D eigenvalue weighted by Gasteiger charge is 2.40. The van der Waals surface area contributed by atoms with E-state index in [0.29, 0.717) is 31.6 Å². The molecule has 1 amide bonds. The van der Waals surface area contributed by atoms with Gasteiger partial charge in [0.1, 0.15) is 5.78 Å². The van der Waals surface area contributed by atoms with Gasteiger partial charge < -0.3 is 18.9 Å². The topological polar surface area (TPSA) is 280 Å². The minimum atomic E-state index is -0.434. The maximum absolute atomic E-state index is 11.3. The third-order valence-corrected chi connectivity index (χ3v) is 8.90. The quantitative estimate of drug-likeness (QED) is 0.101. The van der Waals surface area contributed by atoms with Gasteiger partial charge in [-0.3, -0.25) is 34.2 Å². The van der Waals surface area contributed by atoms with Crippen LogP contribution in [-0.4, -0.2) is 82.5 Å². The Hall–Kier alpha value is -5.66. The van der Waals surface area contributed by atoms with Crippen molar-refractivity contribution >= 4 is 54.0 Å². The molecule has 0 aromatic rings. The van der Waals surface area contributed by atoms with E-state index in [1.165, 1.54) is 39.6 Å². The number of allylic oxidation sites excluding steroid dienone is 3. The molecule has 4 rings (SSSR count). The van der Waals surface area contributed by atoms with E-state index in [9.17, 15) is 28.8 Å². The van der Waals surface area contributed by atoms with E-state index in [-0.39, 0.29) is 77.7 Å². The van der Waals surface area contributed by atoms with Crippen molar-refractivity contribution in [3.8, 4) is 0 Å². The van der Waals surface area contributed by atoms with Gasteiger partial charge in [-0.1, -0.05) is 50.3 Å². The first-order chi connectivity index (χ1) is 25.9. The Morgan fingerprint density at radius 3 is 1.25 bits per heavy atom. The number of hydrazine groups is 1.